The Morgan fingerprint density at radius 2 is 1.74 bits per heavy atom. The number of carbonyl (C=O) groups excluding carboxylic acids is 1. The van der Waals surface area contributed by atoms with E-state index in [1.54, 1.807) is 54.9 Å². The number of aromatic nitrogens is 2. The van der Waals surface area contributed by atoms with Crippen LogP contribution in [0.4, 0.5) is 0 Å². The first-order valence-corrected chi connectivity index (χ1v) is 13.1. The van der Waals surface area contributed by atoms with Crippen molar-refractivity contribution in [1.29, 1.82) is 0 Å². The highest BCUT2D eigenvalue weighted by molar-refractivity contribution is 7.91. The van der Waals surface area contributed by atoms with Crippen LogP contribution in [0.15, 0.2) is 69.9 Å². The van der Waals surface area contributed by atoms with Crippen LogP contribution in [0.5, 0.6) is 0 Å². The summed E-state index contributed by atoms with van der Waals surface area (Å²) in [6, 6.07) is 13.6. The van der Waals surface area contributed by atoms with Crippen LogP contribution < -0.4 is 5.56 Å². The molecule has 4 aromatic rings. The summed E-state index contributed by atoms with van der Waals surface area (Å²) in [5.41, 5.74) is 0.909. The number of piperazine rings is 1. The number of hydrogen-bond acceptors (Lipinski definition) is 6. The predicted molar refractivity (Wildman–Crippen MR) is 132 cm³/mol. The van der Waals surface area contributed by atoms with Crippen molar-refractivity contribution in [2.45, 2.75) is 4.21 Å². The first kappa shape index (κ1) is 22.7. The van der Waals surface area contributed by atoms with Crippen molar-refractivity contribution in [3.63, 3.8) is 0 Å². The Morgan fingerprint density at radius 3 is 2.44 bits per heavy atom. The van der Waals surface area contributed by atoms with Crippen molar-refractivity contribution < 1.29 is 13.2 Å². The number of thiophene rings is 1. The van der Waals surface area contributed by atoms with Gasteiger partial charge in [0.15, 0.2) is 0 Å². The minimum Gasteiger partial charge on any atom is -0.336 e. The standard InChI is InChI=1S/C23H19ClN4O4S2/c24-17-2-1-16-13-21(33-20(16)14-17)34(31,32)28-11-9-27(10-12-28)23(30)18-3-4-19(26-22(18)29)15-5-7-25-8-6-15/h1-8,13-14H,9-12H2,(H,26,29). The van der Waals surface area contributed by atoms with Crippen LogP contribution in [-0.2, 0) is 10.0 Å². The Kier molecular flexibility index (Phi) is 5.98. The van der Waals surface area contributed by atoms with E-state index in [1.807, 2.05) is 0 Å². The van der Waals surface area contributed by atoms with E-state index in [9.17, 15) is 18.0 Å². The molecule has 3 aromatic heterocycles. The number of H-pyrrole nitrogens is 1. The number of pyridine rings is 2. The van der Waals surface area contributed by atoms with Gasteiger partial charge < -0.3 is 9.88 Å². The lowest BCUT2D eigenvalue weighted by atomic mass is 10.1. The molecule has 174 valence electrons. The summed E-state index contributed by atoms with van der Waals surface area (Å²) in [6.07, 6.45) is 3.24. The van der Waals surface area contributed by atoms with Crippen LogP contribution in [0.3, 0.4) is 0 Å². The van der Waals surface area contributed by atoms with E-state index in [-0.39, 0.29) is 36.0 Å². The van der Waals surface area contributed by atoms with Gasteiger partial charge in [0.2, 0.25) is 0 Å². The summed E-state index contributed by atoms with van der Waals surface area (Å²) < 4.78 is 28.7. The molecule has 1 aliphatic rings. The Morgan fingerprint density at radius 1 is 1.00 bits per heavy atom. The lowest BCUT2D eigenvalue weighted by molar-refractivity contribution is 0.0696. The van der Waals surface area contributed by atoms with Gasteiger partial charge >= 0.3 is 0 Å². The number of benzene rings is 1. The molecule has 1 aromatic carbocycles. The molecule has 4 heterocycles. The predicted octanol–water partition coefficient (Wildman–Crippen LogP) is 3.45. The molecule has 0 radical (unpaired) electrons. The van der Waals surface area contributed by atoms with Gasteiger partial charge in [-0.05, 0) is 47.9 Å². The molecule has 5 rings (SSSR count). The molecule has 1 aliphatic heterocycles. The van der Waals surface area contributed by atoms with Gasteiger partial charge in [-0.25, -0.2) is 8.42 Å². The Labute approximate surface area is 204 Å². The normalized spacial score (nSPS) is 15.0. The van der Waals surface area contributed by atoms with Crippen LogP contribution in [0, 0.1) is 0 Å². The maximum absolute atomic E-state index is 13.2. The smallest absolute Gasteiger partial charge is 0.261 e. The van der Waals surface area contributed by atoms with Crippen molar-refractivity contribution in [3.8, 4) is 11.3 Å². The number of carbonyl (C=O) groups is 1. The molecular formula is C23H19ClN4O4S2. The number of fused-ring (bicyclic) bond motifs is 1. The fourth-order valence-corrected chi connectivity index (χ4v) is 7.13. The van der Waals surface area contributed by atoms with E-state index in [0.717, 1.165) is 15.6 Å². The quantitative estimate of drug-likeness (QED) is 0.449. The molecule has 1 amide bonds. The van der Waals surface area contributed by atoms with Gasteiger partial charge in [-0.2, -0.15) is 4.31 Å². The van der Waals surface area contributed by atoms with Gasteiger partial charge in [0, 0.05) is 59.6 Å². The Bertz CT molecular complexity index is 1540. The molecule has 1 fully saturated rings. The van der Waals surface area contributed by atoms with Crippen LogP contribution in [0.1, 0.15) is 10.4 Å². The van der Waals surface area contributed by atoms with E-state index >= 15 is 0 Å². The average molecular weight is 515 g/mol. The van der Waals surface area contributed by atoms with Crippen molar-refractivity contribution >= 4 is 49.0 Å². The molecule has 0 atom stereocenters. The maximum atomic E-state index is 13.2. The van der Waals surface area contributed by atoms with Crippen molar-refractivity contribution in [2.24, 2.45) is 0 Å². The maximum Gasteiger partial charge on any atom is 0.261 e. The van der Waals surface area contributed by atoms with E-state index in [1.165, 1.54) is 26.6 Å². The number of hydrogen-bond donors (Lipinski definition) is 1. The Hall–Kier alpha value is -3.05. The van der Waals surface area contributed by atoms with Gasteiger partial charge in [0.1, 0.15) is 9.77 Å². The van der Waals surface area contributed by atoms with Gasteiger partial charge in [-0.15, -0.1) is 11.3 Å². The van der Waals surface area contributed by atoms with E-state index < -0.39 is 21.5 Å². The highest BCUT2D eigenvalue weighted by Gasteiger charge is 2.32. The minimum absolute atomic E-state index is 0.0236. The highest BCUT2D eigenvalue weighted by atomic mass is 35.5. The molecule has 1 N–H and O–H groups in total. The summed E-state index contributed by atoms with van der Waals surface area (Å²) in [5, 5.41) is 1.37. The molecule has 8 nitrogen and oxygen atoms in total. The SMILES string of the molecule is O=C(c1ccc(-c2ccncc2)[nH]c1=O)N1CCN(S(=O)(=O)c2cc3ccc(Cl)cc3s2)CC1. The molecule has 0 bridgehead atoms. The van der Waals surface area contributed by atoms with E-state index in [2.05, 4.69) is 9.97 Å². The zero-order valence-corrected chi connectivity index (χ0v) is 20.2. The fourth-order valence-electron chi connectivity index (χ4n) is 3.88. The first-order chi connectivity index (χ1) is 16.3. The summed E-state index contributed by atoms with van der Waals surface area (Å²) in [4.78, 5) is 33.7. The van der Waals surface area contributed by atoms with Gasteiger partial charge in [-0.3, -0.25) is 14.6 Å². The number of sulfonamides is 1. The molecule has 0 unspecified atom stereocenters. The van der Waals surface area contributed by atoms with Crippen LogP contribution >= 0.6 is 22.9 Å². The first-order valence-electron chi connectivity index (χ1n) is 10.5. The highest BCUT2D eigenvalue weighted by Crippen LogP contribution is 2.33. The monoisotopic (exact) mass is 514 g/mol. The summed E-state index contributed by atoms with van der Waals surface area (Å²) in [7, 11) is -3.70. The Balaban J connectivity index is 1.30. The second kappa shape index (κ2) is 8.95. The van der Waals surface area contributed by atoms with E-state index in [0.29, 0.717) is 10.7 Å². The summed E-state index contributed by atoms with van der Waals surface area (Å²) in [6.45, 7) is 0.687. The number of nitrogens with one attached hydrogen (secondary N) is 1. The zero-order valence-electron chi connectivity index (χ0n) is 17.8. The van der Waals surface area contributed by atoms with Crippen LogP contribution in [0.25, 0.3) is 21.3 Å². The molecule has 0 saturated carbocycles. The third-order valence-corrected chi connectivity index (χ3v) is 9.39. The molecule has 34 heavy (non-hydrogen) atoms. The molecule has 0 spiro atoms. The average Bonchev–Trinajstić information content (AvgIpc) is 3.28. The third-order valence-electron chi connectivity index (χ3n) is 5.71. The lowest BCUT2D eigenvalue weighted by Gasteiger charge is -2.33. The largest absolute Gasteiger partial charge is 0.336 e. The van der Waals surface area contributed by atoms with E-state index in [4.69, 9.17) is 11.6 Å². The molecule has 11 heteroatoms. The minimum atomic E-state index is -3.70. The topological polar surface area (TPSA) is 103 Å². The van der Waals surface area contributed by atoms with Gasteiger partial charge in [0.25, 0.3) is 21.5 Å². The number of amides is 1. The van der Waals surface area contributed by atoms with Crippen molar-refractivity contribution in [1.82, 2.24) is 19.2 Å². The lowest BCUT2D eigenvalue weighted by Crippen LogP contribution is -2.51. The number of nitrogens with zero attached hydrogens (tertiary/aromatic N) is 3. The molecule has 0 aliphatic carbocycles. The van der Waals surface area contributed by atoms with Crippen LogP contribution in [0.2, 0.25) is 5.02 Å². The van der Waals surface area contributed by atoms with Gasteiger partial charge in [0.05, 0.1) is 0 Å². The number of aromatic amines is 1. The van der Waals surface area contributed by atoms with Gasteiger partial charge in [-0.1, -0.05) is 17.7 Å². The summed E-state index contributed by atoms with van der Waals surface area (Å²) in [5.74, 6) is -0.420. The number of halogens is 1. The molecular weight excluding hydrogens is 496 g/mol. The second-order valence-corrected chi connectivity index (χ2v) is 11.5. The van der Waals surface area contributed by atoms with Crippen LogP contribution in [-0.4, -0.2) is 59.7 Å². The number of rotatable bonds is 4. The van der Waals surface area contributed by atoms with Crippen molar-refractivity contribution in [3.05, 3.63) is 81.9 Å². The zero-order chi connectivity index (χ0) is 23.9. The fraction of sp³-hybridized carbons (Fsp3) is 0.174. The van der Waals surface area contributed by atoms with Crippen molar-refractivity contribution in [2.75, 3.05) is 26.2 Å². The summed E-state index contributed by atoms with van der Waals surface area (Å²) >= 11 is 7.19. The third kappa shape index (κ3) is 4.25. The molecule has 1 saturated heterocycles. The second-order valence-electron chi connectivity index (χ2n) is 7.79.